The van der Waals surface area contributed by atoms with Crippen molar-refractivity contribution in [2.45, 2.75) is 26.9 Å². The van der Waals surface area contributed by atoms with Crippen LogP contribution in [0.25, 0.3) is 0 Å². The first kappa shape index (κ1) is 17.1. The fraction of sp³-hybridized carbons (Fsp3) is 0.571. The van der Waals surface area contributed by atoms with E-state index in [-0.39, 0.29) is 6.54 Å². The van der Waals surface area contributed by atoms with Crippen molar-refractivity contribution < 1.29 is 13.5 Å². The van der Waals surface area contributed by atoms with Crippen molar-refractivity contribution in [3.63, 3.8) is 0 Å². The molecule has 1 atom stereocenters. The first-order valence-corrected chi connectivity index (χ1v) is 8.18. The molecule has 0 fully saturated rings. The quantitative estimate of drug-likeness (QED) is 0.831. The van der Waals surface area contributed by atoms with Gasteiger partial charge in [-0.25, -0.2) is 0 Å². The van der Waals surface area contributed by atoms with Gasteiger partial charge in [0.05, 0.1) is 6.10 Å². The van der Waals surface area contributed by atoms with Crippen molar-refractivity contribution in [3.8, 4) is 0 Å². The van der Waals surface area contributed by atoms with Crippen LogP contribution in [0.5, 0.6) is 0 Å². The van der Waals surface area contributed by atoms with Crippen LogP contribution in [0.15, 0.2) is 24.3 Å². The number of aliphatic hydroxyl groups excluding tert-OH is 1. The summed E-state index contributed by atoms with van der Waals surface area (Å²) in [5.74, 6) is 0. The van der Waals surface area contributed by atoms with Crippen LogP contribution in [0, 0.1) is 6.92 Å². The van der Waals surface area contributed by atoms with Crippen molar-refractivity contribution in [1.82, 2.24) is 8.61 Å². The Hall–Kier alpha value is -0.950. The van der Waals surface area contributed by atoms with Gasteiger partial charge in [-0.1, -0.05) is 43.7 Å². The molecule has 1 N–H and O–H groups in total. The second-order valence-electron chi connectivity index (χ2n) is 4.80. The summed E-state index contributed by atoms with van der Waals surface area (Å²) >= 11 is 0. The maximum absolute atomic E-state index is 12.3. The number of nitrogens with zero attached hydrogens (tertiary/aromatic N) is 2. The monoisotopic (exact) mass is 300 g/mol. The summed E-state index contributed by atoms with van der Waals surface area (Å²) in [6.45, 7) is 6.31. The summed E-state index contributed by atoms with van der Waals surface area (Å²) in [4.78, 5) is 0. The van der Waals surface area contributed by atoms with Gasteiger partial charge < -0.3 is 5.11 Å². The van der Waals surface area contributed by atoms with Gasteiger partial charge in [0.15, 0.2) is 0 Å². The Morgan fingerprint density at radius 3 is 2.15 bits per heavy atom. The molecule has 0 spiro atoms. The van der Waals surface area contributed by atoms with Crippen LogP contribution in [0.3, 0.4) is 0 Å². The van der Waals surface area contributed by atoms with Crippen LogP contribution in [-0.4, -0.2) is 48.8 Å². The zero-order valence-electron chi connectivity index (χ0n) is 12.6. The van der Waals surface area contributed by atoms with E-state index in [1.54, 1.807) is 13.8 Å². The molecular formula is C14H24N2O3S. The number of likely N-dealkylation sites (N-methyl/N-ethyl adjacent to an activating group) is 1. The van der Waals surface area contributed by atoms with Gasteiger partial charge in [-0.05, 0) is 12.5 Å². The van der Waals surface area contributed by atoms with Crippen molar-refractivity contribution in [2.75, 3.05) is 26.7 Å². The lowest BCUT2D eigenvalue weighted by molar-refractivity contribution is 0.146. The van der Waals surface area contributed by atoms with E-state index in [2.05, 4.69) is 0 Å². The van der Waals surface area contributed by atoms with Gasteiger partial charge in [0.2, 0.25) is 0 Å². The molecule has 0 saturated heterocycles. The van der Waals surface area contributed by atoms with Gasteiger partial charge in [0, 0.05) is 26.7 Å². The van der Waals surface area contributed by atoms with Crippen LogP contribution in [-0.2, 0) is 10.2 Å². The lowest BCUT2D eigenvalue weighted by atomic mass is 10.1. The predicted octanol–water partition coefficient (Wildman–Crippen LogP) is 1.55. The molecule has 1 aromatic carbocycles. The van der Waals surface area contributed by atoms with Gasteiger partial charge in [-0.2, -0.15) is 17.0 Å². The highest BCUT2D eigenvalue weighted by Crippen LogP contribution is 2.17. The van der Waals surface area contributed by atoms with Gasteiger partial charge >= 0.3 is 0 Å². The number of hydrogen-bond acceptors (Lipinski definition) is 3. The molecule has 1 rings (SSSR count). The second-order valence-corrected chi connectivity index (χ2v) is 6.83. The highest BCUT2D eigenvalue weighted by atomic mass is 32.2. The van der Waals surface area contributed by atoms with E-state index in [0.29, 0.717) is 13.1 Å². The van der Waals surface area contributed by atoms with Crippen molar-refractivity contribution >= 4 is 10.2 Å². The van der Waals surface area contributed by atoms with E-state index < -0.39 is 16.3 Å². The first-order chi connectivity index (χ1) is 9.32. The van der Waals surface area contributed by atoms with Gasteiger partial charge in [0.25, 0.3) is 10.2 Å². The number of aryl methyl sites for hydroxylation is 1. The molecule has 114 valence electrons. The largest absolute Gasteiger partial charge is 0.387 e. The third-order valence-electron chi connectivity index (χ3n) is 3.36. The minimum Gasteiger partial charge on any atom is -0.387 e. The minimum absolute atomic E-state index is 0.0617. The molecule has 6 heteroatoms. The fourth-order valence-electron chi connectivity index (χ4n) is 1.83. The number of aliphatic hydroxyl groups is 1. The van der Waals surface area contributed by atoms with E-state index in [0.717, 1.165) is 11.1 Å². The summed E-state index contributed by atoms with van der Waals surface area (Å²) in [6.07, 6.45) is -0.824. The smallest absolute Gasteiger partial charge is 0.281 e. The Labute approximate surface area is 122 Å². The molecule has 0 unspecified atom stereocenters. The van der Waals surface area contributed by atoms with Crippen LogP contribution in [0.2, 0.25) is 0 Å². The highest BCUT2D eigenvalue weighted by molar-refractivity contribution is 7.86. The summed E-state index contributed by atoms with van der Waals surface area (Å²) < 4.78 is 27.1. The molecule has 0 saturated carbocycles. The third kappa shape index (κ3) is 4.02. The van der Waals surface area contributed by atoms with E-state index in [1.807, 2.05) is 31.2 Å². The predicted molar refractivity (Wildman–Crippen MR) is 80.6 cm³/mol. The Kier molecular flexibility index (Phi) is 6.13. The Morgan fingerprint density at radius 1 is 1.15 bits per heavy atom. The lowest BCUT2D eigenvalue weighted by Crippen LogP contribution is -2.43. The lowest BCUT2D eigenvalue weighted by Gasteiger charge is -2.27. The van der Waals surface area contributed by atoms with E-state index in [1.165, 1.54) is 15.7 Å². The maximum atomic E-state index is 12.3. The summed E-state index contributed by atoms with van der Waals surface area (Å²) in [5, 5.41) is 10.2. The molecule has 0 aromatic heterocycles. The van der Waals surface area contributed by atoms with E-state index >= 15 is 0 Å². The maximum Gasteiger partial charge on any atom is 0.281 e. The molecule has 0 aliphatic carbocycles. The molecule has 0 radical (unpaired) electrons. The van der Waals surface area contributed by atoms with Crippen LogP contribution >= 0.6 is 0 Å². The molecule has 20 heavy (non-hydrogen) atoms. The van der Waals surface area contributed by atoms with Crippen molar-refractivity contribution in [1.29, 1.82) is 0 Å². The Morgan fingerprint density at radius 2 is 1.70 bits per heavy atom. The second kappa shape index (κ2) is 7.17. The normalized spacial score (nSPS) is 13.9. The molecule has 0 amide bonds. The van der Waals surface area contributed by atoms with E-state index in [9.17, 15) is 13.5 Å². The summed E-state index contributed by atoms with van der Waals surface area (Å²) in [7, 11) is -1.97. The van der Waals surface area contributed by atoms with Crippen LogP contribution in [0.4, 0.5) is 0 Å². The van der Waals surface area contributed by atoms with E-state index in [4.69, 9.17) is 0 Å². The SMILES string of the molecule is CCN(C)S(=O)(=O)N(CC)C[C@H](O)c1ccc(C)cc1. The molecular weight excluding hydrogens is 276 g/mol. The van der Waals surface area contributed by atoms with Crippen LogP contribution < -0.4 is 0 Å². The van der Waals surface area contributed by atoms with Gasteiger partial charge in [-0.3, -0.25) is 0 Å². The zero-order chi connectivity index (χ0) is 15.3. The molecule has 0 aliphatic rings. The van der Waals surface area contributed by atoms with Gasteiger partial charge in [0.1, 0.15) is 0 Å². The highest BCUT2D eigenvalue weighted by Gasteiger charge is 2.26. The minimum atomic E-state index is -3.51. The number of benzene rings is 1. The topological polar surface area (TPSA) is 60.9 Å². The molecule has 5 nitrogen and oxygen atoms in total. The Balaban J connectivity index is 2.86. The average molecular weight is 300 g/mol. The standard InChI is InChI=1S/C14H24N2O3S/c1-5-15(4)20(18,19)16(6-2)11-14(17)13-9-7-12(3)8-10-13/h7-10,14,17H,5-6,11H2,1-4H3/t14-/m0/s1. The molecule has 0 heterocycles. The van der Waals surface area contributed by atoms with Crippen molar-refractivity contribution in [2.24, 2.45) is 0 Å². The summed E-state index contributed by atoms with van der Waals surface area (Å²) in [6, 6.07) is 7.46. The summed E-state index contributed by atoms with van der Waals surface area (Å²) in [5.41, 5.74) is 1.83. The fourth-order valence-corrected chi connectivity index (χ4v) is 3.21. The number of hydrogen-bond donors (Lipinski definition) is 1. The molecule has 0 aliphatic heterocycles. The average Bonchev–Trinajstić information content (AvgIpc) is 2.43. The Bertz CT molecular complexity index is 514. The van der Waals surface area contributed by atoms with Crippen molar-refractivity contribution in [3.05, 3.63) is 35.4 Å². The van der Waals surface area contributed by atoms with Crippen LogP contribution in [0.1, 0.15) is 31.1 Å². The molecule has 1 aromatic rings. The zero-order valence-corrected chi connectivity index (χ0v) is 13.4. The third-order valence-corrected chi connectivity index (χ3v) is 5.46. The van der Waals surface area contributed by atoms with Gasteiger partial charge in [-0.15, -0.1) is 0 Å². The first-order valence-electron chi connectivity index (χ1n) is 6.79. The number of rotatable bonds is 7. The molecule has 0 bridgehead atoms.